The molecule has 0 aliphatic heterocycles. The summed E-state index contributed by atoms with van der Waals surface area (Å²) < 4.78 is 6.24. The number of halogens is 1. The minimum atomic E-state index is 0.165. The first-order chi connectivity index (χ1) is 8.60. The van der Waals surface area contributed by atoms with Gasteiger partial charge in [0, 0.05) is 15.9 Å². The van der Waals surface area contributed by atoms with E-state index in [2.05, 4.69) is 38.5 Å². The van der Waals surface area contributed by atoms with Crippen LogP contribution in [0.4, 0.5) is 5.69 Å². The highest BCUT2D eigenvalue weighted by Crippen LogP contribution is 2.30. The van der Waals surface area contributed by atoms with Crippen molar-refractivity contribution < 1.29 is 4.74 Å². The van der Waals surface area contributed by atoms with E-state index < -0.39 is 0 Å². The van der Waals surface area contributed by atoms with Crippen molar-refractivity contribution in [2.24, 2.45) is 0 Å². The Balaban J connectivity index is 2.18. The number of methoxy groups -OCH3 is 1. The lowest BCUT2D eigenvalue weighted by Gasteiger charge is -2.15. The lowest BCUT2D eigenvalue weighted by atomic mass is 10.2. The number of thiazole rings is 1. The molecular formula is C13H15BrN2OS. The molecule has 1 aromatic carbocycles. The molecule has 2 rings (SSSR count). The molecule has 0 spiro atoms. The summed E-state index contributed by atoms with van der Waals surface area (Å²) >= 11 is 5.20. The minimum Gasteiger partial charge on any atom is -0.497 e. The summed E-state index contributed by atoms with van der Waals surface area (Å²) in [5.74, 6) is 0.836. The summed E-state index contributed by atoms with van der Waals surface area (Å²) in [5.41, 5.74) is 2.07. The van der Waals surface area contributed by atoms with Crippen LogP contribution in [0.15, 0.2) is 28.1 Å². The van der Waals surface area contributed by atoms with Gasteiger partial charge in [-0.15, -0.1) is 11.3 Å². The third-order valence-electron chi connectivity index (χ3n) is 2.63. The average molecular weight is 327 g/mol. The van der Waals surface area contributed by atoms with Crippen molar-refractivity contribution in [2.75, 3.05) is 12.4 Å². The first-order valence-electron chi connectivity index (χ1n) is 5.62. The zero-order valence-electron chi connectivity index (χ0n) is 10.5. The monoisotopic (exact) mass is 326 g/mol. The van der Waals surface area contributed by atoms with Crippen LogP contribution in [0, 0.1) is 6.92 Å². The fraction of sp³-hybridized carbons (Fsp3) is 0.308. The molecule has 0 saturated heterocycles. The summed E-state index contributed by atoms with van der Waals surface area (Å²) in [6.45, 7) is 4.11. The second-order valence-electron chi connectivity index (χ2n) is 4.00. The maximum absolute atomic E-state index is 5.23. The lowest BCUT2D eigenvalue weighted by Crippen LogP contribution is -2.07. The van der Waals surface area contributed by atoms with Gasteiger partial charge >= 0.3 is 0 Å². The van der Waals surface area contributed by atoms with Crippen molar-refractivity contribution in [3.05, 3.63) is 38.8 Å². The topological polar surface area (TPSA) is 34.1 Å². The molecule has 0 fully saturated rings. The number of nitrogens with zero attached hydrogens (tertiary/aromatic N) is 1. The molecule has 1 aromatic heterocycles. The Morgan fingerprint density at radius 2 is 2.22 bits per heavy atom. The van der Waals surface area contributed by atoms with Gasteiger partial charge < -0.3 is 10.1 Å². The highest BCUT2D eigenvalue weighted by Gasteiger charge is 2.11. The van der Waals surface area contributed by atoms with Gasteiger partial charge in [-0.1, -0.05) is 0 Å². The third-order valence-corrected chi connectivity index (χ3v) is 4.11. The zero-order chi connectivity index (χ0) is 13.1. The van der Waals surface area contributed by atoms with Gasteiger partial charge in [-0.2, -0.15) is 0 Å². The van der Waals surface area contributed by atoms with E-state index in [4.69, 9.17) is 4.74 Å². The fourth-order valence-corrected chi connectivity index (χ4v) is 2.70. The number of hydrogen-bond donors (Lipinski definition) is 1. The Bertz CT molecular complexity index is 542. The van der Waals surface area contributed by atoms with Crippen LogP contribution in [-0.2, 0) is 0 Å². The van der Waals surface area contributed by atoms with E-state index in [0.717, 1.165) is 26.6 Å². The van der Waals surface area contributed by atoms with Crippen LogP contribution in [0.5, 0.6) is 5.75 Å². The van der Waals surface area contributed by atoms with Crippen LogP contribution in [0.1, 0.15) is 23.7 Å². The molecule has 1 heterocycles. The zero-order valence-corrected chi connectivity index (χ0v) is 12.9. The van der Waals surface area contributed by atoms with Gasteiger partial charge in [0.2, 0.25) is 0 Å². The highest BCUT2D eigenvalue weighted by molar-refractivity contribution is 9.10. The minimum absolute atomic E-state index is 0.165. The highest BCUT2D eigenvalue weighted by atomic mass is 79.9. The lowest BCUT2D eigenvalue weighted by molar-refractivity contribution is 0.415. The van der Waals surface area contributed by atoms with E-state index in [1.165, 1.54) is 0 Å². The van der Waals surface area contributed by atoms with Gasteiger partial charge in [0.1, 0.15) is 5.75 Å². The van der Waals surface area contributed by atoms with Crippen molar-refractivity contribution in [3.63, 3.8) is 0 Å². The number of anilines is 1. The summed E-state index contributed by atoms with van der Waals surface area (Å²) in [4.78, 5) is 4.49. The van der Waals surface area contributed by atoms with E-state index in [9.17, 15) is 0 Å². The van der Waals surface area contributed by atoms with E-state index in [1.807, 2.05) is 25.1 Å². The Labute approximate surface area is 119 Å². The smallest absolute Gasteiger partial charge is 0.121 e. The number of aromatic nitrogens is 1. The summed E-state index contributed by atoms with van der Waals surface area (Å²) in [6.07, 6.45) is 0. The maximum atomic E-state index is 5.23. The Morgan fingerprint density at radius 1 is 1.44 bits per heavy atom. The van der Waals surface area contributed by atoms with Crippen LogP contribution >= 0.6 is 27.3 Å². The normalized spacial score (nSPS) is 12.2. The van der Waals surface area contributed by atoms with Crippen molar-refractivity contribution in [1.82, 2.24) is 4.98 Å². The van der Waals surface area contributed by atoms with Crippen molar-refractivity contribution in [1.29, 1.82) is 0 Å². The SMILES string of the molecule is COc1ccc(Br)c(NC(C)c2csc(C)n2)c1. The van der Waals surface area contributed by atoms with Gasteiger partial charge in [0.15, 0.2) is 0 Å². The van der Waals surface area contributed by atoms with Crippen molar-refractivity contribution >= 4 is 33.0 Å². The number of hydrogen-bond acceptors (Lipinski definition) is 4. The largest absolute Gasteiger partial charge is 0.497 e. The first-order valence-corrected chi connectivity index (χ1v) is 7.29. The summed E-state index contributed by atoms with van der Waals surface area (Å²) in [5, 5.41) is 6.60. The van der Waals surface area contributed by atoms with Gasteiger partial charge in [-0.25, -0.2) is 4.98 Å². The van der Waals surface area contributed by atoms with E-state index in [1.54, 1.807) is 18.4 Å². The van der Waals surface area contributed by atoms with Gasteiger partial charge in [0.25, 0.3) is 0 Å². The molecule has 1 unspecified atom stereocenters. The molecule has 1 atom stereocenters. The molecule has 0 amide bonds. The maximum Gasteiger partial charge on any atom is 0.121 e. The van der Waals surface area contributed by atoms with Gasteiger partial charge in [-0.05, 0) is 41.9 Å². The molecule has 96 valence electrons. The fourth-order valence-electron chi connectivity index (χ4n) is 1.63. The number of ether oxygens (including phenoxy) is 1. The standard InChI is InChI=1S/C13H15BrN2OS/c1-8(13-7-18-9(2)16-13)15-12-6-10(17-3)4-5-11(12)14/h4-8,15H,1-3H3. The Morgan fingerprint density at radius 3 is 2.83 bits per heavy atom. The molecule has 5 heteroatoms. The summed E-state index contributed by atoms with van der Waals surface area (Å²) in [7, 11) is 1.67. The molecule has 0 aliphatic carbocycles. The Kier molecular flexibility index (Phi) is 4.24. The molecule has 0 bridgehead atoms. The average Bonchev–Trinajstić information content (AvgIpc) is 2.79. The molecule has 0 aliphatic rings. The van der Waals surface area contributed by atoms with Crippen molar-refractivity contribution in [3.8, 4) is 5.75 Å². The van der Waals surface area contributed by atoms with Crippen LogP contribution < -0.4 is 10.1 Å². The number of aryl methyl sites for hydroxylation is 1. The van der Waals surface area contributed by atoms with E-state index in [-0.39, 0.29) is 6.04 Å². The predicted octanol–water partition coefficient (Wildman–Crippen LogP) is 4.40. The second-order valence-corrected chi connectivity index (χ2v) is 5.92. The number of nitrogens with one attached hydrogen (secondary N) is 1. The van der Waals surface area contributed by atoms with Gasteiger partial charge in [-0.3, -0.25) is 0 Å². The van der Waals surface area contributed by atoms with Crippen LogP contribution in [0.3, 0.4) is 0 Å². The molecule has 1 N–H and O–H groups in total. The summed E-state index contributed by atoms with van der Waals surface area (Å²) in [6, 6.07) is 6.03. The second kappa shape index (κ2) is 5.71. The first kappa shape index (κ1) is 13.4. The molecule has 2 aromatic rings. The molecule has 3 nitrogen and oxygen atoms in total. The molecule has 0 radical (unpaired) electrons. The quantitative estimate of drug-likeness (QED) is 0.904. The molecule has 0 saturated carbocycles. The molecular weight excluding hydrogens is 312 g/mol. The third kappa shape index (κ3) is 3.03. The number of benzene rings is 1. The van der Waals surface area contributed by atoms with Crippen LogP contribution in [0.2, 0.25) is 0 Å². The van der Waals surface area contributed by atoms with E-state index in [0.29, 0.717) is 0 Å². The predicted molar refractivity (Wildman–Crippen MR) is 79.6 cm³/mol. The Hall–Kier alpha value is -1.07. The van der Waals surface area contributed by atoms with Gasteiger partial charge in [0.05, 0.1) is 29.5 Å². The van der Waals surface area contributed by atoms with Crippen molar-refractivity contribution in [2.45, 2.75) is 19.9 Å². The van der Waals surface area contributed by atoms with Crippen LogP contribution in [0.25, 0.3) is 0 Å². The van der Waals surface area contributed by atoms with Crippen LogP contribution in [-0.4, -0.2) is 12.1 Å². The number of rotatable bonds is 4. The molecule has 18 heavy (non-hydrogen) atoms. The van der Waals surface area contributed by atoms with E-state index >= 15 is 0 Å².